The second-order valence-electron chi connectivity index (χ2n) is 7.02. The summed E-state index contributed by atoms with van der Waals surface area (Å²) in [5.74, 6) is 0.419. The molecule has 0 spiro atoms. The van der Waals surface area contributed by atoms with E-state index >= 15 is 0 Å². The van der Waals surface area contributed by atoms with E-state index in [1.165, 1.54) is 35.4 Å². The molecule has 0 aliphatic heterocycles. The van der Waals surface area contributed by atoms with E-state index in [1.54, 1.807) is 4.90 Å². The third-order valence-corrected chi connectivity index (χ3v) is 6.09. The van der Waals surface area contributed by atoms with Crippen LogP contribution in [0.15, 0.2) is 47.6 Å². The normalized spacial score (nSPS) is 14.7. The maximum atomic E-state index is 12.6. The molecule has 1 amide bonds. The predicted octanol–water partition coefficient (Wildman–Crippen LogP) is 3.69. The van der Waals surface area contributed by atoms with Gasteiger partial charge in [0.15, 0.2) is 0 Å². The molecule has 1 fully saturated rings. The number of fused-ring (bicyclic) bond motifs is 1. The van der Waals surface area contributed by atoms with Gasteiger partial charge in [-0.05, 0) is 39.6 Å². The van der Waals surface area contributed by atoms with Gasteiger partial charge in [-0.15, -0.1) is 5.10 Å². The van der Waals surface area contributed by atoms with Crippen molar-refractivity contribution in [2.24, 2.45) is 0 Å². The molecule has 2 aromatic carbocycles. The first kappa shape index (κ1) is 18.0. The Bertz CT molecular complexity index is 930. The summed E-state index contributed by atoms with van der Waals surface area (Å²) in [6, 6.07) is 14.9. The molecule has 0 bridgehead atoms. The van der Waals surface area contributed by atoms with Crippen LogP contribution in [0.4, 0.5) is 0 Å². The number of carbonyl (C=O) groups excluding carboxylic acids is 1. The van der Waals surface area contributed by atoms with Crippen LogP contribution in [0.2, 0.25) is 0 Å². The molecule has 3 aromatic rings. The molecule has 1 aliphatic carbocycles. The van der Waals surface area contributed by atoms with E-state index in [0.717, 1.165) is 23.6 Å². The van der Waals surface area contributed by atoms with Gasteiger partial charge >= 0.3 is 0 Å². The molecular formula is C20H23N5OS. The molecule has 0 unspecified atom stereocenters. The smallest absolute Gasteiger partial charge is 0.233 e. The third kappa shape index (κ3) is 3.98. The van der Waals surface area contributed by atoms with Crippen LogP contribution in [-0.4, -0.2) is 43.8 Å². The first-order valence-corrected chi connectivity index (χ1v) is 10.3. The summed E-state index contributed by atoms with van der Waals surface area (Å²) in [7, 11) is 1.85. The lowest BCUT2D eigenvalue weighted by atomic mass is 10.0. The van der Waals surface area contributed by atoms with Gasteiger partial charge in [0.25, 0.3) is 0 Å². The molecule has 1 aromatic heterocycles. The van der Waals surface area contributed by atoms with Crippen molar-refractivity contribution in [1.29, 1.82) is 0 Å². The molecule has 1 heterocycles. The number of hydrogen-bond acceptors (Lipinski definition) is 5. The Kier molecular flexibility index (Phi) is 5.38. The molecule has 4 rings (SSSR count). The number of carbonyl (C=O) groups is 1. The zero-order chi connectivity index (χ0) is 18.6. The van der Waals surface area contributed by atoms with E-state index in [-0.39, 0.29) is 5.91 Å². The Morgan fingerprint density at radius 3 is 2.81 bits per heavy atom. The number of hydrogen-bond donors (Lipinski definition) is 0. The van der Waals surface area contributed by atoms with Gasteiger partial charge in [0, 0.05) is 13.6 Å². The lowest BCUT2D eigenvalue weighted by Gasteiger charge is -2.18. The Morgan fingerprint density at radius 1 is 1.19 bits per heavy atom. The highest BCUT2D eigenvalue weighted by molar-refractivity contribution is 7.99. The van der Waals surface area contributed by atoms with Crippen LogP contribution in [0, 0.1) is 0 Å². The van der Waals surface area contributed by atoms with Crippen molar-refractivity contribution in [3.05, 3.63) is 48.0 Å². The molecule has 7 heteroatoms. The monoisotopic (exact) mass is 381 g/mol. The fourth-order valence-electron chi connectivity index (χ4n) is 3.67. The number of nitrogens with zero attached hydrogens (tertiary/aromatic N) is 5. The molecule has 0 atom stereocenters. The fourth-order valence-corrected chi connectivity index (χ4v) is 4.55. The van der Waals surface area contributed by atoms with Crippen LogP contribution >= 0.6 is 11.8 Å². The molecule has 0 radical (unpaired) electrons. The summed E-state index contributed by atoms with van der Waals surface area (Å²) in [5, 5.41) is 15.2. The van der Waals surface area contributed by atoms with E-state index in [9.17, 15) is 4.79 Å². The Hall–Kier alpha value is -2.41. The number of amides is 1. The van der Waals surface area contributed by atoms with E-state index in [4.69, 9.17) is 0 Å². The molecule has 0 saturated heterocycles. The minimum absolute atomic E-state index is 0.0777. The molecule has 1 saturated carbocycles. The van der Waals surface area contributed by atoms with E-state index in [2.05, 4.69) is 39.8 Å². The molecule has 0 N–H and O–H groups in total. The van der Waals surface area contributed by atoms with Crippen LogP contribution in [-0.2, 0) is 11.3 Å². The van der Waals surface area contributed by atoms with Crippen LogP contribution in [0.5, 0.6) is 0 Å². The summed E-state index contributed by atoms with van der Waals surface area (Å²) in [6.07, 6.45) is 4.68. The van der Waals surface area contributed by atoms with Gasteiger partial charge in [-0.25, -0.2) is 4.68 Å². The van der Waals surface area contributed by atoms with Crippen molar-refractivity contribution in [3.63, 3.8) is 0 Å². The Morgan fingerprint density at radius 2 is 1.96 bits per heavy atom. The number of aromatic nitrogens is 4. The predicted molar refractivity (Wildman–Crippen MR) is 106 cm³/mol. The van der Waals surface area contributed by atoms with Crippen molar-refractivity contribution in [2.75, 3.05) is 12.8 Å². The maximum absolute atomic E-state index is 12.6. The average molecular weight is 382 g/mol. The quantitative estimate of drug-likeness (QED) is 0.609. The first-order valence-electron chi connectivity index (χ1n) is 9.33. The largest absolute Gasteiger partial charge is 0.341 e. The third-order valence-electron chi connectivity index (χ3n) is 5.17. The maximum Gasteiger partial charge on any atom is 0.233 e. The highest BCUT2D eigenvalue weighted by Gasteiger charge is 2.22. The Labute approximate surface area is 162 Å². The lowest BCUT2D eigenvalue weighted by Crippen LogP contribution is -2.28. The molecule has 6 nitrogen and oxygen atoms in total. The van der Waals surface area contributed by atoms with Crippen molar-refractivity contribution in [3.8, 4) is 0 Å². The zero-order valence-corrected chi connectivity index (χ0v) is 16.2. The molecule has 1 aliphatic rings. The van der Waals surface area contributed by atoms with Gasteiger partial charge in [0.05, 0.1) is 11.8 Å². The van der Waals surface area contributed by atoms with Crippen LogP contribution in [0.3, 0.4) is 0 Å². The lowest BCUT2D eigenvalue weighted by molar-refractivity contribution is -0.127. The zero-order valence-electron chi connectivity index (χ0n) is 15.4. The van der Waals surface area contributed by atoms with Crippen molar-refractivity contribution < 1.29 is 4.79 Å². The second kappa shape index (κ2) is 8.08. The second-order valence-corrected chi connectivity index (χ2v) is 7.96. The fraction of sp³-hybridized carbons (Fsp3) is 0.400. The van der Waals surface area contributed by atoms with Gasteiger partial charge < -0.3 is 4.90 Å². The molecular weight excluding hydrogens is 358 g/mol. The molecule has 27 heavy (non-hydrogen) atoms. The number of thioether (sulfide) groups is 1. The summed E-state index contributed by atoms with van der Waals surface area (Å²) in [5.41, 5.74) is 1.16. The topological polar surface area (TPSA) is 63.9 Å². The summed E-state index contributed by atoms with van der Waals surface area (Å²) >= 11 is 1.43. The van der Waals surface area contributed by atoms with Crippen LogP contribution in [0.1, 0.15) is 37.3 Å². The van der Waals surface area contributed by atoms with Crippen LogP contribution < -0.4 is 0 Å². The average Bonchev–Trinajstić information content (AvgIpc) is 3.37. The minimum Gasteiger partial charge on any atom is -0.341 e. The van der Waals surface area contributed by atoms with Crippen molar-refractivity contribution in [2.45, 2.75) is 43.4 Å². The highest BCUT2D eigenvalue weighted by atomic mass is 32.2. The van der Waals surface area contributed by atoms with Crippen LogP contribution in [0.25, 0.3) is 10.8 Å². The first-order chi connectivity index (χ1) is 13.2. The van der Waals surface area contributed by atoms with Gasteiger partial charge in [0.1, 0.15) is 0 Å². The number of benzene rings is 2. The van der Waals surface area contributed by atoms with Crippen molar-refractivity contribution in [1.82, 2.24) is 25.1 Å². The number of tetrazole rings is 1. The summed E-state index contributed by atoms with van der Waals surface area (Å²) in [6.45, 7) is 0.592. The molecule has 140 valence electrons. The van der Waals surface area contributed by atoms with E-state index in [0.29, 0.717) is 18.3 Å². The number of rotatable bonds is 6. The van der Waals surface area contributed by atoms with Gasteiger partial charge in [-0.3, -0.25) is 4.79 Å². The van der Waals surface area contributed by atoms with E-state index in [1.807, 2.05) is 29.9 Å². The highest BCUT2D eigenvalue weighted by Crippen LogP contribution is 2.31. The van der Waals surface area contributed by atoms with Crippen molar-refractivity contribution >= 4 is 28.4 Å². The SMILES string of the molecule is CN(Cc1cccc2ccccc12)C(=O)CSc1nnnn1C1CCCC1. The summed E-state index contributed by atoms with van der Waals surface area (Å²) in [4.78, 5) is 14.4. The Balaban J connectivity index is 1.39. The van der Waals surface area contributed by atoms with Gasteiger partial charge in [0.2, 0.25) is 11.1 Å². The minimum atomic E-state index is 0.0777. The van der Waals surface area contributed by atoms with Gasteiger partial charge in [-0.1, -0.05) is 67.1 Å². The standard InChI is InChI=1S/C20H23N5OS/c1-24(13-16-9-6-8-15-7-2-5-12-18(15)16)19(26)14-27-20-21-22-23-25(20)17-10-3-4-11-17/h2,5-9,12,17H,3-4,10-11,13-14H2,1H3. The summed E-state index contributed by atoms with van der Waals surface area (Å²) < 4.78 is 1.90. The van der Waals surface area contributed by atoms with Gasteiger partial charge in [-0.2, -0.15) is 0 Å². The van der Waals surface area contributed by atoms with E-state index < -0.39 is 0 Å².